The molecule has 0 fully saturated rings. The second kappa shape index (κ2) is 6.64. The van der Waals surface area contributed by atoms with E-state index >= 15 is 0 Å². The molecule has 104 valence electrons. The maximum atomic E-state index is 2.29. The highest BCUT2D eigenvalue weighted by Crippen LogP contribution is 2.27. The fourth-order valence-corrected chi connectivity index (χ4v) is 3.03. The molecule has 0 atom stereocenters. The van der Waals surface area contributed by atoms with E-state index in [-0.39, 0.29) is 0 Å². The normalized spacial score (nSPS) is 10.5. The van der Waals surface area contributed by atoms with Gasteiger partial charge in [0.25, 0.3) is 0 Å². The van der Waals surface area contributed by atoms with Crippen molar-refractivity contribution >= 4 is 11.8 Å². The van der Waals surface area contributed by atoms with Gasteiger partial charge in [0, 0.05) is 5.75 Å². The molecular weight excluding hydrogens is 272 g/mol. The van der Waals surface area contributed by atoms with Gasteiger partial charge in [-0.1, -0.05) is 72.8 Å². The van der Waals surface area contributed by atoms with Crippen LogP contribution in [0, 0.1) is 0 Å². The van der Waals surface area contributed by atoms with Crippen LogP contribution in [0.1, 0.15) is 5.56 Å². The summed E-state index contributed by atoms with van der Waals surface area (Å²) in [5, 5.41) is 0. The lowest BCUT2D eigenvalue weighted by atomic mass is 9.98. The molecule has 0 heterocycles. The van der Waals surface area contributed by atoms with Gasteiger partial charge in [-0.15, -0.1) is 0 Å². The molecule has 0 unspecified atom stereocenters. The third-order valence-corrected chi connectivity index (χ3v) is 4.16. The van der Waals surface area contributed by atoms with E-state index in [1.807, 2.05) is 11.8 Å². The highest BCUT2D eigenvalue weighted by atomic mass is 32.2. The van der Waals surface area contributed by atoms with E-state index in [2.05, 4.69) is 85.1 Å². The summed E-state index contributed by atoms with van der Waals surface area (Å²) in [5.41, 5.74) is 6.48. The second-order valence-electron chi connectivity index (χ2n) is 5.08. The lowest BCUT2D eigenvalue weighted by Gasteiger charge is -2.07. The van der Waals surface area contributed by atoms with Gasteiger partial charge in [-0.05, 0) is 40.1 Å². The number of thioether (sulfide) groups is 1. The van der Waals surface area contributed by atoms with Crippen LogP contribution >= 0.6 is 11.8 Å². The first-order valence-electron chi connectivity index (χ1n) is 7.10. The molecule has 0 aliphatic heterocycles. The van der Waals surface area contributed by atoms with E-state index in [0.29, 0.717) is 0 Å². The van der Waals surface area contributed by atoms with E-state index < -0.39 is 0 Å². The number of rotatable bonds is 4. The molecular formula is C20H18S. The van der Waals surface area contributed by atoms with Crippen molar-refractivity contribution in [1.29, 1.82) is 0 Å². The Morgan fingerprint density at radius 2 is 1.19 bits per heavy atom. The van der Waals surface area contributed by atoms with Gasteiger partial charge >= 0.3 is 0 Å². The van der Waals surface area contributed by atoms with Gasteiger partial charge in [-0.2, -0.15) is 11.8 Å². The van der Waals surface area contributed by atoms with Gasteiger partial charge in [0.15, 0.2) is 0 Å². The Morgan fingerprint density at radius 3 is 1.90 bits per heavy atom. The van der Waals surface area contributed by atoms with E-state index in [9.17, 15) is 0 Å². The predicted molar refractivity (Wildman–Crippen MR) is 94.5 cm³/mol. The molecule has 0 spiro atoms. The van der Waals surface area contributed by atoms with Crippen molar-refractivity contribution < 1.29 is 0 Å². The third-order valence-electron chi connectivity index (χ3n) is 3.54. The van der Waals surface area contributed by atoms with Crippen molar-refractivity contribution in [1.82, 2.24) is 0 Å². The highest BCUT2D eigenvalue weighted by molar-refractivity contribution is 7.97. The first-order valence-corrected chi connectivity index (χ1v) is 8.50. The molecule has 0 nitrogen and oxygen atoms in total. The number of hydrogen-bond donors (Lipinski definition) is 0. The van der Waals surface area contributed by atoms with Crippen molar-refractivity contribution in [2.75, 3.05) is 6.26 Å². The van der Waals surface area contributed by atoms with Gasteiger partial charge < -0.3 is 0 Å². The molecule has 0 N–H and O–H groups in total. The predicted octanol–water partition coefficient (Wildman–Crippen LogP) is 5.88. The Labute approximate surface area is 130 Å². The van der Waals surface area contributed by atoms with Crippen LogP contribution in [0.25, 0.3) is 22.3 Å². The van der Waals surface area contributed by atoms with Crippen molar-refractivity contribution in [3.63, 3.8) is 0 Å². The van der Waals surface area contributed by atoms with Crippen LogP contribution in [-0.2, 0) is 5.75 Å². The van der Waals surface area contributed by atoms with Crippen molar-refractivity contribution in [2.45, 2.75) is 5.75 Å². The fraction of sp³-hybridized carbons (Fsp3) is 0.100. The van der Waals surface area contributed by atoms with Crippen molar-refractivity contribution in [3.05, 3.63) is 84.4 Å². The van der Waals surface area contributed by atoms with Crippen LogP contribution in [0.4, 0.5) is 0 Å². The Balaban J connectivity index is 1.98. The molecule has 0 aliphatic carbocycles. The van der Waals surface area contributed by atoms with Crippen LogP contribution in [0.5, 0.6) is 0 Å². The molecule has 3 aromatic rings. The first-order chi connectivity index (χ1) is 10.4. The fourth-order valence-electron chi connectivity index (χ4n) is 2.52. The minimum atomic E-state index is 1.06. The van der Waals surface area contributed by atoms with Crippen molar-refractivity contribution in [3.8, 4) is 22.3 Å². The Kier molecular flexibility index (Phi) is 4.42. The summed E-state index contributed by atoms with van der Waals surface area (Å²) in [6.45, 7) is 0. The Bertz CT molecular complexity index is 717. The monoisotopic (exact) mass is 290 g/mol. The molecule has 0 bridgehead atoms. The standard InChI is InChI=1S/C20H18S/c1-21-15-16-7-5-10-18(13-16)20-12-6-11-19(14-20)17-8-3-2-4-9-17/h2-14H,15H2,1H3. The molecule has 0 saturated heterocycles. The zero-order chi connectivity index (χ0) is 14.5. The summed E-state index contributed by atoms with van der Waals surface area (Å²) in [4.78, 5) is 0. The second-order valence-corrected chi connectivity index (χ2v) is 5.95. The van der Waals surface area contributed by atoms with E-state index in [0.717, 1.165) is 5.75 Å². The molecule has 1 heteroatoms. The van der Waals surface area contributed by atoms with Gasteiger partial charge in [0.2, 0.25) is 0 Å². The van der Waals surface area contributed by atoms with Crippen molar-refractivity contribution in [2.24, 2.45) is 0 Å². The minimum Gasteiger partial charge on any atom is -0.161 e. The molecule has 21 heavy (non-hydrogen) atoms. The van der Waals surface area contributed by atoms with Crippen LogP contribution in [0.2, 0.25) is 0 Å². The lowest BCUT2D eigenvalue weighted by molar-refractivity contribution is 1.42. The highest BCUT2D eigenvalue weighted by Gasteiger charge is 2.02. The summed E-state index contributed by atoms with van der Waals surface area (Å²) in [6.07, 6.45) is 2.14. The summed E-state index contributed by atoms with van der Waals surface area (Å²) in [5.74, 6) is 1.06. The van der Waals surface area contributed by atoms with Crippen LogP contribution in [0.15, 0.2) is 78.9 Å². The zero-order valence-corrected chi connectivity index (χ0v) is 12.9. The summed E-state index contributed by atoms with van der Waals surface area (Å²) < 4.78 is 0. The zero-order valence-electron chi connectivity index (χ0n) is 12.1. The van der Waals surface area contributed by atoms with Gasteiger partial charge in [0.1, 0.15) is 0 Å². The van der Waals surface area contributed by atoms with E-state index in [1.165, 1.54) is 27.8 Å². The summed E-state index contributed by atoms with van der Waals surface area (Å²) in [7, 11) is 0. The topological polar surface area (TPSA) is 0 Å². The maximum Gasteiger partial charge on any atom is 0.0182 e. The molecule has 0 aliphatic rings. The van der Waals surface area contributed by atoms with E-state index in [1.54, 1.807) is 0 Å². The smallest absolute Gasteiger partial charge is 0.0182 e. The molecule has 0 amide bonds. The molecule has 0 aromatic heterocycles. The van der Waals surface area contributed by atoms with Crippen LogP contribution < -0.4 is 0 Å². The first kappa shape index (κ1) is 14.0. The Morgan fingerprint density at radius 1 is 0.619 bits per heavy atom. The van der Waals surface area contributed by atoms with Crippen LogP contribution in [-0.4, -0.2) is 6.26 Å². The summed E-state index contributed by atoms with van der Waals surface area (Å²) in [6, 6.07) is 28.1. The van der Waals surface area contributed by atoms with Gasteiger partial charge in [-0.25, -0.2) is 0 Å². The van der Waals surface area contributed by atoms with Crippen LogP contribution in [0.3, 0.4) is 0 Å². The average molecular weight is 290 g/mol. The largest absolute Gasteiger partial charge is 0.161 e. The molecule has 3 rings (SSSR count). The quantitative estimate of drug-likeness (QED) is 0.578. The SMILES string of the molecule is CSCc1cccc(-c2cccc(-c3ccccc3)c2)c1. The minimum absolute atomic E-state index is 1.06. The van der Waals surface area contributed by atoms with E-state index in [4.69, 9.17) is 0 Å². The molecule has 0 saturated carbocycles. The van der Waals surface area contributed by atoms with Gasteiger partial charge in [-0.3, -0.25) is 0 Å². The van der Waals surface area contributed by atoms with Gasteiger partial charge in [0.05, 0.1) is 0 Å². The number of benzene rings is 3. The average Bonchev–Trinajstić information content (AvgIpc) is 2.56. The maximum absolute atomic E-state index is 2.29. The lowest BCUT2D eigenvalue weighted by Crippen LogP contribution is -1.84. The number of hydrogen-bond acceptors (Lipinski definition) is 1. The summed E-state index contributed by atoms with van der Waals surface area (Å²) >= 11 is 1.86. The third kappa shape index (κ3) is 3.37. The molecule has 3 aromatic carbocycles. The molecule has 0 radical (unpaired) electrons. The Hall–Kier alpha value is -1.99.